The normalized spacial score (nSPS) is 13.8. The van der Waals surface area contributed by atoms with E-state index in [1.807, 2.05) is 58.0 Å². The van der Waals surface area contributed by atoms with Gasteiger partial charge in [0.05, 0.1) is 10.9 Å². The summed E-state index contributed by atoms with van der Waals surface area (Å²) in [5, 5.41) is 6.19. The molecule has 6 nitrogen and oxygen atoms in total. The third-order valence-electron chi connectivity index (χ3n) is 4.93. The van der Waals surface area contributed by atoms with Gasteiger partial charge in [-0.25, -0.2) is 8.42 Å². The monoisotopic (exact) mass is 417 g/mol. The van der Waals surface area contributed by atoms with E-state index in [1.165, 1.54) is 4.31 Å². The number of hydrogen-bond acceptors (Lipinski definition) is 4. The van der Waals surface area contributed by atoms with Crippen LogP contribution in [0.25, 0.3) is 0 Å². The zero-order chi connectivity index (χ0) is 21.4. The maximum absolute atomic E-state index is 12.6. The summed E-state index contributed by atoms with van der Waals surface area (Å²) in [6.45, 7) is 8.78. The van der Waals surface area contributed by atoms with Crippen LogP contribution in [0, 0.1) is 0 Å². The molecule has 1 amide bonds. The van der Waals surface area contributed by atoms with Crippen LogP contribution >= 0.6 is 0 Å². The molecule has 7 heteroatoms. The van der Waals surface area contributed by atoms with Crippen molar-refractivity contribution >= 4 is 15.9 Å². The van der Waals surface area contributed by atoms with Crippen LogP contribution in [-0.4, -0.2) is 37.8 Å². The van der Waals surface area contributed by atoms with Gasteiger partial charge in [0.2, 0.25) is 15.9 Å². The Morgan fingerprint density at radius 1 is 0.966 bits per heavy atom. The molecule has 29 heavy (non-hydrogen) atoms. The SMILES string of the molecule is CCN(CC)S(=O)(=O)c1ccc([C@H](C)N[C@H](C)C(=O)NCc2ccccc2)cc1. The molecule has 2 atom stereocenters. The lowest BCUT2D eigenvalue weighted by Gasteiger charge is -2.21. The number of carbonyl (C=O) groups excluding carboxylic acids is 1. The average molecular weight is 418 g/mol. The molecule has 158 valence electrons. The highest BCUT2D eigenvalue weighted by atomic mass is 32.2. The van der Waals surface area contributed by atoms with E-state index in [2.05, 4.69) is 10.6 Å². The van der Waals surface area contributed by atoms with Crippen molar-refractivity contribution in [1.82, 2.24) is 14.9 Å². The zero-order valence-electron chi connectivity index (χ0n) is 17.6. The van der Waals surface area contributed by atoms with E-state index in [-0.39, 0.29) is 22.9 Å². The summed E-state index contributed by atoms with van der Waals surface area (Å²) in [4.78, 5) is 12.6. The van der Waals surface area contributed by atoms with Crippen LogP contribution in [0.3, 0.4) is 0 Å². The van der Waals surface area contributed by atoms with Gasteiger partial charge in [-0.15, -0.1) is 0 Å². The Bertz CT molecular complexity index is 879. The standard InChI is InChI=1S/C22H31N3O3S/c1-5-25(6-2)29(27,28)21-14-12-20(13-15-21)17(3)24-18(4)22(26)23-16-19-10-8-7-9-11-19/h7-15,17-18,24H,5-6,16H2,1-4H3,(H,23,26)/t17-,18+/m0/s1. The zero-order valence-corrected chi connectivity index (χ0v) is 18.4. The fraction of sp³-hybridized carbons (Fsp3) is 0.409. The van der Waals surface area contributed by atoms with Crippen molar-refractivity contribution in [2.75, 3.05) is 13.1 Å². The molecular formula is C22H31N3O3S. The number of benzene rings is 2. The van der Waals surface area contributed by atoms with E-state index in [0.717, 1.165) is 11.1 Å². The van der Waals surface area contributed by atoms with Gasteiger partial charge in [0.25, 0.3) is 0 Å². The average Bonchev–Trinajstić information content (AvgIpc) is 2.73. The highest BCUT2D eigenvalue weighted by Gasteiger charge is 2.22. The summed E-state index contributed by atoms with van der Waals surface area (Å²) in [5.41, 5.74) is 1.97. The lowest BCUT2D eigenvalue weighted by atomic mass is 10.1. The van der Waals surface area contributed by atoms with Gasteiger partial charge in [0.1, 0.15) is 0 Å². The Balaban J connectivity index is 1.96. The van der Waals surface area contributed by atoms with Crippen molar-refractivity contribution in [1.29, 1.82) is 0 Å². The predicted octanol–water partition coefficient (Wildman–Crippen LogP) is 3.07. The smallest absolute Gasteiger partial charge is 0.243 e. The number of nitrogens with zero attached hydrogens (tertiary/aromatic N) is 1. The van der Waals surface area contributed by atoms with Gasteiger partial charge in [0.15, 0.2) is 0 Å². The summed E-state index contributed by atoms with van der Waals surface area (Å²) in [5.74, 6) is -0.0820. The Morgan fingerprint density at radius 3 is 2.10 bits per heavy atom. The molecule has 0 aliphatic heterocycles. The summed E-state index contributed by atoms with van der Waals surface area (Å²) in [6, 6.07) is 16.1. The summed E-state index contributed by atoms with van der Waals surface area (Å²) in [7, 11) is -3.47. The first-order chi connectivity index (χ1) is 13.8. The second kappa shape index (κ2) is 10.5. The third kappa shape index (κ3) is 6.13. The van der Waals surface area contributed by atoms with Crippen LogP contribution in [0.15, 0.2) is 59.5 Å². The molecule has 0 fully saturated rings. The molecule has 0 bridgehead atoms. The topological polar surface area (TPSA) is 78.5 Å². The van der Waals surface area contributed by atoms with E-state index in [4.69, 9.17) is 0 Å². The van der Waals surface area contributed by atoms with Crippen molar-refractivity contribution in [2.24, 2.45) is 0 Å². The van der Waals surface area contributed by atoms with Gasteiger partial charge in [-0.1, -0.05) is 56.3 Å². The Labute approximate surface area is 174 Å². The van der Waals surface area contributed by atoms with E-state index in [1.54, 1.807) is 24.3 Å². The van der Waals surface area contributed by atoms with Crippen LogP contribution in [0.5, 0.6) is 0 Å². The minimum atomic E-state index is -3.47. The number of carbonyl (C=O) groups is 1. The van der Waals surface area contributed by atoms with Crippen LogP contribution < -0.4 is 10.6 Å². The summed E-state index contributed by atoms with van der Waals surface area (Å²) in [6.07, 6.45) is 0. The summed E-state index contributed by atoms with van der Waals surface area (Å²) >= 11 is 0. The summed E-state index contributed by atoms with van der Waals surface area (Å²) < 4.78 is 26.6. The minimum absolute atomic E-state index is 0.0820. The fourth-order valence-corrected chi connectivity index (χ4v) is 4.58. The molecule has 2 rings (SSSR count). The van der Waals surface area contributed by atoms with Crippen molar-refractivity contribution in [2.45, 2.75) is 51.2 Å². The van der Waals surface area contributed by atoms with Crippen LogP contribution in [-0.2, 0) is 21.4 Å². The molecule has 0 aromatic heterocycles. The number of sulfonamides is 1. The molecule has 0 heterocycles. The molecule has 0 aliphatic rings. The fourth-order valence-electron chi connectivity index (χ4n) is 3.13. The predicted molar refractivity (Wildman–Crippen MR) is 116 cm³/mol. The lowest BCUT2D eigenvalue weighted by molar-refractivity contribution is -0.123. The minimum Gasteiger partial charge on any atom is -0.351 e. The Kier molecular flexibility index (Phi) is 8.37. The second-order valence-electron chi connectivity index (χ2n) is 6.97. The third-order valence-corrected chi connectivity index (χ3v) is 6.99. The molecule has 0 saturated carbocycles. The van der Waals surface area contributed by atoms with Crippen molar-refractivity contribution in [3.05, 3.63) is 65.7 Å². The Hall–Kier alpha value is -2.22. The van der Waals surface area contributed by atoms with E-state index in [9.17, 15) is 13.2 Å². The molecule has 2 aromatic carbocycles. The van der Waals surface area contributed by atoms with E-state index >= 15 is 0 Å². The first-order valence-corrected chi connectivity index (χ1v) is 11.4. The van der Waals surface area contributed by atoms with E-state index in [0.29, 0.717) is 19.6 Å². The van der Waals surface area contributed by atoms with Gasteiger partial charge in [-0.3, -0.25) is 10.1 Å². The van der Waals surface area contributed by atoms with Crippen LogP contribution in [0.4, 0.5) is 0 Å². The van der Waals surface area contributed by atoms with Gasteiger partial charge < -0.3 is 5.32 Å². The molecule has 0 spiro atoms. The number of hydrogen-bond donors (Lipinski definition) is 2. The first-order valence-electron chi connectivity index (χ1n) is 9.97. The van der Waals surface area contributed by atoms with Gasteiger partial charge in [0, 0.05) is 25.7 Å². The molecule has 0 aliphatic carbocycles. The van der Waals surface area contributed by atoms with Crippen molar-refractivity contribution in [3.63, 3.8) is 0 Å². The molecule has 2 aromatic rings. The maximum Gasteiger partial charge on any atom is 0.243 e. The van der Waals surface area contributed by atoms with Gasteiger partial charge >= 0.3 is 0 Å². The number of nitrogens with one attached hydrogen (secondary N) is 2. The Morgan fingerprint density at radius 2 is 1.55 bits per heavy atom. The quantitative estimate of drug-likeness (QED) is 0.623. The van der Waals surface area contributed by atoms with Gasteiger partial charge in [-0.2, -0.15) is 4.31 Å². The molecular weight excluding hydrogens is 386 g/mol. The van der Waals surface area contributed by atoms with E-state index < -0.39 is 10.0 Å². The number of rotatable bonds is 10. The molecule has 0 unspecified atom stereocenters. The van der Waals surface area contributed by atoms with Crippen LogP contribution in [0.2, 0.25) is 0 Å². The second-order valence-corrected chi connectivity index (χ2v) is 8.91. The highest BCUT2D eigenvalue weighted by Crippen LogP contribution is 2.19. The number of amides is 1. The highest BCUT2D eigenvalue weighted by molar-refractivity contribution is 7.89. The molecule has 0 radical (unpaired) electrons. The van der Waals surface area contributed by atoms with Gasteiger partial charge in [-0.05, 0) is 37.1 Å². The van der Waals surface area contributed by atoms with Crippen molar-refractivity contribution < 1.29 is 13.2 Å². The van der Waals surface area contributed by atoms with Crippen molar-refractivity contribution in [3.8, 4) is 0 Å². The molecule has 2 N–H and O–H groups in total. The molecule has 0 saturated heterocycles. The first kappa shape index (κ1) is 23.1. The largest absolute Gasteiger partial charge is 0.351 e. The van der Waals surface area contributed by atoms with Crippen LogP contribution in [0.1, 0.15) is 44.9 Å². The lowest BCUT2D eigenvalue weighted by Crippen LogP contribution is -2.42. The maximum atomic E-state index is 12.6.